The van der Waals surface area contributed by atoms with E-state index in [4.69, 9.17) is 0 Å². The van der Waals surface area contributed by atoms with Crippen LogP contribution >= 0.6 is 11.8 Å². The standard InChI is InChI=1S/C20H19F2N3OS/c1-24(13-18-23-11-12-25(18)20(21)22)19(26)16-7-9-17(10-8-16)27-14-15-5-3-2-4-6-15/h2-12,20H,13-14H2,1H3. The number of imidazole rings is 1. The molecule has 0 bridgehead atoms. The monoisotopic (exact) mass is 387 g/mol. The third kappa shape index (κ3) is 4.95. The van der Waals surface area contributed by atoms with Crippen molar-refractivity contribution in [1.82, 2.24) is 14.5 Å². The molecule has 3 aromatic rings. The molecule has 2 aromatic carbocycles. The minimum atomic E-state index is -2.67. The lowest BCUT2D eigenvalue weighted by molar-refractivity contribution is 0.0612. The van der Waals surface area contributed by atoms with Gasteiger partial charge in [-0.05, 0) is 29.8 Å². The highest BCUT2D eigenvalue weighted by atomic mass is 32.2. The van der Waals surface area contributed by atoms with E-state index in [1.807, 2.05) is 30.3 Å². The number of hydrogen-bond acceptors (Lipinski definition) is 3. The molecule has 4 nitrogen and oxygen atoms in total. The van der Waals surface area contributed by atoms with Crippen LogP contribution in [0.1, 0.15) is 28.3 Å². The van der Waals surface area contributed by atoms with Crippen LogP contribution in [0.25, 0.3) is 0 Å². The molecular weight excluding hydrogens is 368 g/mol. The Morgan fingerprint density at radius 3 is 2.52 bits per heavy atom. The quantitative estimate of drug-likeness (QED) is 0.545. The van der Waals surface area contributed by atoms with Gasteiger partial charge in [0.05, 0.1) is 6.54 Å². The maximum atomic E-state index is 12.9. The van der Waals surface area contributed by atoms with E-state index in [1.165, 1.54) is 22.9 Å². The summed E-state index contributed by atoms with van der Waals surface area (Å²) in [5, 5.41) is 0. The maximum Gasteiger partial charge on any atom is 0.319 e. The number of halogens is 2. The Bertz CT molecular complexity index is 882. The zero-order valence-corrected chi connectivity index (χ0v) is 15.6. The van der Waals surface area contributed by atoms with Crippen LogP contribution in [-0.4, -0.2) is 27.4 Å². The highest BCUT2D eigenvalue weighted by molar-refractivity contribution is 7.98. The van der Waals surface area contributed by atoms with Gasteiger partial charge in [-0.3, -0.25) is 9.36 Å². The van der Waals surface area contributed by atoms with Crippen molar-refractivity contribution in [2.24, 2.45) is 0 Å². The second kappa shape index (κ2) is 8.81. The molecule has 27 heavy (non-hydrogen) atoms. The van der Waals surface area contributed by atoms with Crippen LogP contribution in [0.4, 0.5) is 8.78 Å². The van der Waals surface area contributed by atoms with E-state index < -0.39 is 6.55 Å². The van der Waals surface area contributed by atoms with Crippen LogP contribution in [0, 0.1) is 0 Å². The first-order chi connectivity index (χ1) is 13.0. The van der Waals surface area contributed by atoms with Crippen LogP contribution < -0.4 is 0 Å². The number of amides is 1. The van der Waals surface area contributed by atoms with Crippen LogP contribution in [0.5, 0.6) is 0 Å². The maximum absolute atomic E-state index is 12.9. The second-order valence-electron chi connectivity index (χ2n) is 5.99. The van der Waals surface area contributed by atoms with E-state index in [1.54, 1.807) is 30.9 Å². The van der Waals surface area contributed by atoms with Crippen molar-refractivity contribution in [2.45, 2.75) is 23.7 Å². The molecule has 1 amide bonds. The van der Waals surface area contributed by atoms with Gasteiger partial charge in [0.2, 0.25) is 0 Å². The van der Waals surface area contributed by atoms with E-state index in [9.17, 15) is 13.6 Å². The van der Waals surface area contributed by atoms with Crippen LogP contribution in [-0.2, 0) is 12.3 Å². The highest BCUT2D eigenvalue weighted by Gasteiger charge is 2.17. The van der Waals surface area contributed by atoms with Crippen LogP contribution in [0.3, 0.4) is 0 Å². The van der Waals surface area contributed by atoms with Crippen LogP contribution in [0.2, 0.25) is 0 Å². The van der Waals surface area contributed by atoms with E-state index in [0.29, 0.717) is 5.56 Å². The molecule has 0 fully saturated rings. The third-order valence-corrected chi connectivity index (χ3v) is 5.12. The van der Waals surface area contributed by atoms with Gasteiger partial charge in [0.15, 0.2) is 0 Å². The lowest BCUT2D eigenvalue weighted by Gasteiger charge is -2.18. The summed E-state index contributed by atoms with van der Waals surface area (Å²) in [6.45, 7) is -2.66. The molecule has 0 saturated heterocycles. The first-order valence-corrected chi connectivity index (χ1v) is 9.35. The fraction of sp³-hybridized carbons (Fsp3) is 0.200. The Morgan fingerprint density at radius 2 is 1.85 bits per heavy atom. The van der Waals surface area contributed by atoms with Gasteiger partial charge in [-0.25, -0.2) is 4.98 Å². The molecule has 3 rings (SSSR count). The summed E-state index contributed by atoms with van der Waals surface area (Å²) in [6, 6.07) is 17.5. The van der Waals surface area contributed by atoms with E-state index in [-0.39, 0.29) is 18.3 Å². The summed E-state index contributed by atoms with van der Waals surface area (Å²) in [5.74, 6) is 0.763. The molecule has 1 aromatic heterocycles. The third-order valence-electron chi connectivity index (χ3n) is 4.03. The molecule has 0 aliphatic rings. The number of carbonyl (C=O) groups excluding carboxylic acids is 1. The molecule has 1 heterocycles. The summed E-state index contributed by atoms with van der Waals surface area (Å²) < 4.78 is 26.5. The first kappa shape index (κ1) is 19.1. The summed E-state index contributed by atoms with van der Waals surface area (Å²) >= 11 is 1.69. The van der Waals surface area contributed by atoms with Crippen molar-refractivity contribution in [2.75, 3.05) is 7.05 Å². The zero-order valence-electron chi connectivity index (χ0n) is 14.8. The van der Waals surface area contributed by atoms with Crippen molar-refractivity contribution < 1.29 is 13.6 Å². The van der Waals surface area contributed by atoms with Crippen molar-refractivity contribution in [3.05, 3.63) is 83.9 Å². The fourth-order valence-electron chi connectivity index (χ4n) is 2.58. The van der Waals surface area contributed by atoms with E-state index in [0.717, 1.165) is 15.2 Å². The van der Waals surface area contributed by atoms with Gasteiger partial charge in [0.1, 0.15) is 5.82 Å². The smallest absolute Gasteiger partial charge is 0.319 e. The molecule has 0 unspecified atom stereocenters. The van der Waals surface area contributed by atoms with Gasteiger partial charge in [-0.2, -0.15) is 8.78 Å². The molecule has 0 radical (unpaired) electrons. The molecule has 0 N–H and O–H groups in total. The number of nitrogens with zero attached hydrogens (tertiary/aromatic N) is 3. The molecule has 0 aliphatic heterocycles. The Labute approximate surface area is 160 Å². The summed E-state index contributed by atoms with van der Waals surface area (Å²) in [4.78, 5) is 18.9. The highest BCUT2D eigenvalue weighted by Crippen LogP contribution is 2.23. The number of thioether (sulfide) groups is 1. The molecule has 0 atom stereocenters. The second-order valence-corrected chi connectivity index (χ2v) is 7.04. The topological polar surface area (TPSA) is 38.1 Å². The number of aromatic nitrogens is 2. The average molecular weight is 387 g/mol. The van der Waals surface area contributed by atoms with Gasteiger partial charge in [0, 0.05) is 35.7 Å². The van der Waals surface area contributed by atoms with Gasteiger partial charge >= 0.3 is 6.55 Å². The Morgan fingerprint density at radius 1 is 1.15 bits per heavy atom. The van der Waals surface area contributed by atoms with Crippen molar-refractivity contribution in [3.63, 3.8) is 0 Å². The molecule has 0 spiro atoms. The Balaban J connectivity index is 1.60. The normalized spacial score (nSPS) is 11.0. The van der Waals surface area contributed by atoms with Crippen molar-refractivity contribution in [3.8, 4) is 0 Å². The predicted octanol–water partition coefficient (Wildman–Crippen LogP) is 4.84. The summed E-state index contributed by atoms with van der Waals surface area (Å²) in [5.41, 5.74) is 1.74. The van der Waals surface area contributed by atoms with E-state index in [2.05, 4.69) is 17.1 Å². The average Bonchev–Trinajstić information content (AvgIpc) is 3.15. The number of hydrogen-bond donors (Lipinski definition) is 0. The van der Waals surface area contributed by atoms with Gasteiger partial charge in [-0.1, -0.05) is 30.3 Å². The molecule has 7 heteroatoms. The number of carbonyl (C=O) groups is 1. The molecule has 0 aliphatic carbocycles. The number of benzene rings is 2. The number of rotatable bonds is 7. The fourth-order valence-corrected chi connectivity index (χ4v) is 3.44. The zero-order chi connectivity index (χ0) is 19.2. The summed E-state index contributed by atoms with van der Waals surface area (Å²) in [6.07, 6.45) is 2.51. The van der Waals surface area contributed by atoms with E-state index >= 15 is 0 Å². The first-order valence-electron chi connectivity index (χ1n) is 8.36. The molecular formula is C20H19F2N3OS. The molecule has 140 valence electrons. The Kier molecular flexibility index (Phi) is 6.24. The van der Waals surface area contributed by atoms with Gasteiger partial charge < -0.3 is 4.90 Å². The largest absolute Gasteiger partial charge is 0.334 e. The van der Waals surface area contributed by atoms with Gasteiger partial charge in [0.25, 0.3) is 5.91 Å². The van der Waals surface area contributed by atoms with Crippen LogP contribution in [0.15, 0.2) is 71.9 Å². The lowest BCUT2D eigenvalue weighted by Crippen LogP contribution is -2.27. The minimum absolute atomic E-state index is 0.0146. The van der Waals surface area contributed by atoms with Crippen molar-refractivity contribution >= 4 is 17.7 Å². The lowest BCUT2D eigenvalue weighted by atomic mass is 10.2. The van der Waals surface area contributed by atoms with Crippen molar-refractivity contribution in [1.29, 1.82) is 0 Å². The Hall–Kier alpha value is -2.67. The SMILES string of the molecule is CN(Cc1nccn1C(F)F)C(=O)c1ccc(SCc2ccccc2)cc1. The van der Waals surface area contributed by atoms with Gasteiger partial charge in [-0.15, -0.1) is 11.8 Å². The number of alkyl halides is 2. The molecule has 0 saturated carbocycles. The minimum Gasteiger partial charge on any atom is -0.334 e. The summed E-state index contributed by atoms with van der Waals surface area (Å²) in [7, 11) is 1.57. The predicted molar refractivity (Wildman–Crippen MR) is 102 cm³/mol.